The van der Waals surface area contributed by atoms with Crippen molar-refractivity contribution in [1.29, 1.82) is 0 Å². The second-order valence-corrected chi connectivity index (χ2v) is 4.34. The van der Waals surface area contributed by atoms with Crippen molar-refractivity contribution in [3.8, 4) is 0 Å². The van der Waals surface area contributed by atoms with Gasteiger partial charge in [0.25, 0.3) is 0 Å². The lowest BCUT2D eigenvalue weighted by Crippen LogP contribution is -2.58. The molecule has 0 spiro atoms. The van der Waals surface area contributed by atoms with Gasteiger partial charge in [-0.1, -0.05) is 12.1 Å². The van der Waals surface area contributed by atoms with E-state index in [4.69, 9.17) is 9.84 Å². The molecule has 0 atom stereocenters. The lowest BCUT2D eigenvalue weighted by Gasteiger charge is -2.39. The third-order valence-corrected chi connectivity index (χ3v) is 2.79. The number of nitrogens with one attached hydrogen (secondary N) is 1. The van der Waals surface area contributed by atoms with Gasteiger partial charge in [0.15, 0.2) is 0 Å². The highest BCUT2D eigenvalue weighted by Gasteiger charge is 2.32. The average molecular weight is 221 g/mol. The van der Waals surface area contributed by atoms with Gasteiger partial charge in [-0.05, 0) is 24.6 Å². The van der Waals surface area contributed by atoms with Crippen molar-refractivity contribution >= 4 is 5.97 Å². The Morgan fingerprint density at radius 3 is 2.50 bits per heavy atom. The Hall–Kier alpha value is -1.39. The smallest absolute Gasteiger partial charge is 0.335 e. The van der Waals surface area contributed by atoms with Crippen LogP contribution < -0.4 is 5.32 Å². The van der Waals surface area contributed by atoms with Crippen LogP contribution in [0.25, 0.3) is 0 Å². The molecule has 86 valence electrons. The van der Waals surface area contributed by atoms with Crippen molar-refractivity contribution in [3.63, 3.8) is 0 Å². The molecule has 1 aromatic rings. The predicted molar refractivity (Wildman–Crippen MR) is 59.5 cm³/mol. The third-order valence-electron chi connectivity index (χ3n) is 2.79. The van der Waals surface area contributed by atoms with Gasteiger partial charge in [0.05, 0.1) is 17.8 Å². The van der Waals surface area contributed by atoms with E-state index in [1.165, 1.54) is 0 Å². The molecule has 0 aliphatic carbocycles. The second kappa shape index (κ2) is 4.23. The Labute approximate surface area is 94.2 Å². The summed E-state index contributed by atoms with van der Waals surface area (Å²) >= 11 is 0. The SMILES string of the molecule is CC1(OCc2ccc(C(=O)O)cc2)CNC1. The molecule has 1 aromatic carbocycles. The molecule has 16 heavy (non-hydrogen) atoms. The summed E-state index contributed by atoms with van der Waals surface area (Å²) in [5.41, 5.74) is 1.24. The lowest BCUT2D eigenvalue weighted by molar-refractivity contribution is -0.0767. The summed E-state index contributed by atoms with van der Waals surface area (Å²) in [5.74, 6) is -0.900. The normalized spacial score (nSPS) is 17.8. The summed E-state index contributed by atoms with van der Waals surface area (Å²) < 4.78 is 5.74. The molecular formula is C12H15NO3. The van der Waals surface area contributed by atoms with Crippen LogP contribution in [0.4, 0.5) is 0 Å². The Bertz CT molecular complexity index is 382. The van der Waals surface area contributed by atoms with E-state index in [1.54, 1.807) is 24.3 Å². The maximum atomic E-state index is 10.6. The molecule has 0 radical (unpaired) electrons. The number of carbonyl (C=O) groups is 1. The van der Waals surface area contributed by atoms with E-state index in [0.717, 1.165) is 18.7 Å². The molecular weight excluding hydrogens is 206 g/mol. The highest BCUT2D eigenvalue weighted by atomic mass is 16.5. The van der Waals surface area contributed by atoms with Gasteiger partial charge in [-0.25, -0.2) is 4.79 Å². The maximum absolute atomic E-state index is 10.6. The summed E-state index contributed by atoms with van der Waals surface area (Å²) in [6.07, 6.45) is 0. The quantitative estimate of drug-likeness (QED) is 0.803. The first-order chi connectivity index (χ1) is 7.59. The topological polar surface area (TPSA) is 58.6 Å². The van der Waals surface area contributed by atoms with E-state index in [9.17, 15) is 4.79 Å². The van der Waals surface area contributed by atoms with Crippen LogP contribution in [0, 0.1) is 0 Å². The number of carboxylic acids is 1. The molecule has 1 heterocycles. The van der Waals surface area contributed by atoms with Crippen molar-refractivity contribution in [2.75, 3.05) is 13.1 Å². The van der Waals surface area contributed by atoms with Crippen LogP contribution in [0.1, 0.15) is 22.8 Å². The molecule has 1 saturated heterocycles. The number of rotatable bonds is 4. The highest BCUT2D eigenvalue weighted by Crippen LogP contribution is 2.18. The lowest BCUT2D eigenvalue weighted by atomic mass is 10.00. The molecule has 4 nitrogen and oxygen atoms in total. The first kappa shape index (κ1) is 11.1. The third kappa shape index (κ3) is 2.40. The zero-order chi connectivity index (χ0) is 11.6. The molecule has 1 aliphatic heterocycles. The molecule has 0 unspecified atom stereocenters. The van der Waals surface area contributed by atoms with Crippen molar-refractivity contribution in [2.24, 2.45) is 0 Å². The van der Waals surface area contributed by atoms with E-state index in [0.29, 0.717) is 12.2 Å². The summed E-state index contributed by atoms with van der Waals surface area (Å²) in [6, 6.07) is 6.78. The van der Waals surface area contributed by atoms with E-state index in [-0.39, 0.29) is 5.60 Å². The zero-order valence-corrected chi connectivity index (χ0v) is 9.19. The highest BCUT2D eigenvalue weighted by molar-refractivity contribution is 5.87. The number of ether oxygens (including phenoxy) is 1. The van der Waals surface area contributed by atoms with E-state index >= 15 is 0 Å². The fraction of sp³-hybridized carbons (Fsp3) is 0.417. The van der Waals surface area contributed by atoms with Gasteiger partial charge in [0, 0.05) is 13.1 Å². The van der Waals surface area contributed by atoms with E-state index in [1.807, 2.05) is 0 Å². The number of carboxylic acid groups (broad SMARTS) is 1. The van der Waals surface area contributed by atoms with Gasteiger partial charge in [-0.3, -0.25) is 0 Å². The molecule has 1 fully saturated rings. The number of hydrogen-bond donors (Lipinski definition) is 2. The molecule has 1 aliphatic rings. The number of benzene rings is 1. The van der Waals surface area contributed by atoms with Gasteiger partial charge in [-0.15, -0.1) is 0 Å². The summed E-state index contributed by atoms with van der Waals surface area (Å²) in [4.78, 5) is 10.6. The van der Waals surface area contributed by atoms with Gasteiger partial charge in [0.2, 0.25) is 0 Å². The van der Waals surface area contributed by atoms with Gasteiger partial charge in [-0.2, -0.15) is 0 Å². The summed E-state index contributed by atoms with van der Waals surface area (Å²) in [5, 5.41) is 11.9. The minimum atomic E-state index is -0.900. The molecule has 0 bridgehead atoms. The van der Waals surface area contributed by atoms with Crippen LogP contribution in [0.5, 0.6) is 0 Å². The Kier molecular flexibility index (Phi) is 2.94. The first-order valence-corrected chi connectivity index (χ1v) is 5.26. The van der Waals surface area contributed by atoms with Crippen LogP contribution in [-0.4, -0.2) is 29.8 Å². The monoisotopic (exact) mass is 221 g/mol. The number of aromatic carboxylic acids is 1. The molecule has 2 N–H and O–H groups in total. The van der Waals surface area contributed by atoms with Crippen LogP contribution in [-0.2, 0) is 11.3 Å². The molecule has 2 rings (SSSR count). The molecule has 4 heteroatoms. The van der Waals surface area contributed by atoms with Gasteiger partial charge in [0.1, 0.15) is 0 Å². The fourth-order valence-corrected chi connectivity index (χ4v) is 1.58. The predicted octanol–water partition coefficient (Wildman–Crippen LogP) is 1.26. The number of hydrogen-bond acceptors (Lipinski definition) is 3. The molecule has 0 saturated carbocycles. The van der Waals surface area contributed by atoms with Gasteiger partial charge >= 0.3 is 5.97 Å². The minimum absolute atomic E-state index is 0.0640. The van der Waals surface area contributed by atoms with Crippen LogP contribution in [0.3, 0.4) is 0 Å². The second-order valence-electron chi connectivity index (χ2n) is 4.34. The van der Waals surface area contributed by atoms with Crippen LogP contribution >= 0.6 is 0 Å². The Balaban J connectivity index is 1.92. The minimum Gasteiger partial charge on any atom is -0.478 e. The zero-order valence-electron chi connectivity index (χ0n) is 9.19. The molecule has 0 aromatic heterocycles. The van der Waals surface area contributed by atoms with Gasteiger partial charge < -0.3 is 15.2 Å². The summed E-state index contributed by atoms with van der Waals surface area (Å²) in [7, 11) is 0. The summed E-state index contributed by atoms with van der Waals surface area (Å²) in [6.45, 7) is 4.34. The van der Waals surface area contributed by atoms with Crippen molar-refractivity contribution in [3.05, 3.63) is 35.4 Å². The average Bonchev–Trinajstić information content (AvgIpc) is 2.24. The largest absolute Gasteiger partial charge is 0.478 e. The van der Waals surface area contributed by atoms with E-state index < -0.39 is 5.97 Å². The Morgan fingerprint density at radius 1 is 1.44 bits per heavy atom. The van der Waals surface area contributed by atoms with Crippen LogP contribution in [0.2, 0.25) is 0 Å². The Morgan fingerprint density at radius 2 is 2.06 bits per heavy atom. The van der Waals surface area contributed by atoms with Crippen molar-refractivity contribution < 1.29 is 14.6 Å². The fourth-order valence-electron chi connectivity index (χ4n) is 1.58. The first-order valence-electron chi connectivity index (χ1n) is 5.26. The van der Waals surface area contributed by atoms with Crippen LogP contribution in [0.15, 0.2) is 24.3 Å². The van der Waals surface area contributed by atoms with Crippen molar-refractivity contribution in [1.82, 2.24) is 5.32 Å². The van der Waals surface area contributed by atoms with Crippen molar-refractivity contribution in [2.45, 2.75) is 19.1 Å². The standard InChI is InChI=1S/C12H15NO3/c1-12(7-13-8-12)16-6-9-2-4-10(5-3-9)11(14)15/h2-5,13H,6-8H2,1H3,(H,14,15). The maximum Gasteiger partial charge on any atom is 0.335 e. The molecule has 0 amide bonds. The van der Waals surface area contributed by atoms with E-state index in [2.05, 4.69) is 12.2 Å².